The van der Waals surface area contributed by atoms with Crippen LogP contribution in [0.4, 0.5) is 22.7 Å². The lowest BCUT2D eigenvalue weighted by Crippen LogP contribution is -2.02. The average molecular weight is 362 g/mol. The Kier molecular flexibility index (Phi) is 3.80. The molecule has 0 aliphatic carbocycles. The van der Waals surface area contributed by atoms with E-state index in [1.165, 1.54) is 0 Å². The highest BCUT2D eigenvalue weighted by molar-refractivity contribution is 5.88. The first-order chi connectivity index (χ1) is 13.7. The topological polar surface area (TPSA) is 143 Å². The molecule has 8 heteroatoms. The molecule has 2 heterocycles. The maximum atomic E-state index is 9.02. The van der Waals surface area contributed by atoms with Crippen LogP contribution in [0.3, 0.4) is 0 Å². The number of rotatable bonds is 1. The molecule has 0 saturated heterocycles. The van der Waals surface area contributed by atoms with E-state index in [1.807, 2.05) is 60.7 Å². The van der Waals surface area contributed by atoms with Gasteiger partial charge in [0, 0.05) is 0 Å². The van der Waals surface area contributed by atoms with E-state index in [-0.39, 0.29) is 11.1 Å². The summed E-state index contributed by atoms with van der Waals surface area (Å²) in [7, 11) is 0. The second kappa shape index (κ2) is 6.42. The molecule has 28 heavy (non-hydrogen) atoms. The summed E-state index contributed by atoms with van der Waals surface area (Å²) in [5.74, 6) is 0.736. The first-order valence-corrected chi connectivity index (χ1v) is 8.12. The molecule has 2 aromatic rings. The molecule has 2 aliphatic heterocycles. The van der Waals surface area contributed by atoms with Gasteiger partial charge in [-0.15, -0.1) is 0 Å². The summed E-state index contributed by atoms with van der Waals surface area (Å²) < 4.78 is 0. The smallest absolute Gasteiger partial charge is 0.170 e. The van der Waals surface area contributed by atoms with E-state index in [0.717, 1.165) is 33.9 Å². The van der Waals surface area contributed by atoms with Crippen LogP contribution in [-0.2, 0) is 0 Å². The van der Waals surface area contributed by atoms with Crippen LogP contribution in [0.15, 0.2) is 59.2 Å². The van der Waals surface area contributed by atoms with E-state index in [1.54, 1.807) is 0 Å². The molecule has 0 spiro atoms. The maximum Gasteiger partial charge on any atom is 0.170 e. The van der Waals surface area contributed by atoms with Gasteiger partial charge >= 0.3 is 0 Å². The zero-order valence-electron chi connectivity index (χ0n) is 14.3. The molecule has 4 rings (SSSR count). The van der Waals surface area contributed by atoms with Gasteiger partial charge in [-0.1, -0.05) is 12.1 Å². The number of anilines is 4. The predicted octanol–water partition coefficient (Wildman–Crippen LogP) is 3.55. The first-order valence-electron chi connectivity index (χ1n) is 8.12. The maximum absolute atomic E-state index is 9.02. The number of nitrogens with one attached hydrogen (secondary N) is 4. The van der Waals surface area contributed by atoms with Crippen molar-refractivity contribution in [2.45, 2.75) is 0 Å². The molecule has 0 fully saturated rings. The molecule has 2 aromatic carbocycles. The van der Waals surface area contributed by atoms with Crippen LogP contribution in [0.25, 0.3) is 11.1 Å². The summed E-state index contributed by atoms with van der Waals surface area (Å²) in [5.41, 5.74) is 4.89. The van der Waals surface area contributed by atoms with Crippen LogP contribution >= 0.6 is 0 Å². The molecule has 4 N–H and O–H groups in total. The Bertz CT molecular complexity index is 1120. The van der Waals surface area contributed by atoms with Crippen LogP contribution < -0.4 is 21.3 Å². The fraction of sp³-hybridized carbons (Fsp3) is 0. The van der Waals surface area contributed by atoms with E-state index in [0.29, 0.717) is 11.6 Å². The Hall–Kier alpha value is -4.92. The Balaban J connectivity index is 1.67. The molecule has 0 radical (unpaired) electrons. The zero-order chi connectivity index (χ0) is 19.7. The van der Waals surface area contributed by atoms with Crippen LogP contribution in [0.2, 0.25) is 0 Å². The summed E-state index contributed by atoms with van der Waals surface area (Å²) in [4.78, 5) is 0. The molecule has 0 atom stereocenters. The van der Waals surface area contributed by atoms with Gasteiger partial charge in [0.15, 0.2) is 11.1 Å². The van der Waals surface area contributed by atoms with E-state index >= 15 is 0 Å². The van der Waals surface area contributed by atoms with Crippen LogP contribution in [0.5, 0.6) is 0 Å². The first kappa shape index (κ1) is 16.5. The summed E-state index contributed by atoms with van der Waals surface area (Å²) in [6.45, 7) is 0. The molecule has 8 nitrogen and oxygen atoms in total. The van der Waals surface area contributed by atoms with Gasteiger partial charge in [-0.2, -0.15) is 21.0 Å². The van der Waals surface area contributed by atoms with Gasteiger partial charge < -0.3 is 21.3 Å². The van der Waals surface area contributed by atoms with E-state index in [4.69, 9.17) is 21.0 Å². The van der Waals surface area contributed by atoms with Crippen molar-refractivity contribution < 1.29 is 0 Å². The van der Waals surface area contributed by atoms with Crippen molar-refractivity contribution in [2.24, 2.45) is 0 Å². The van der Waals surface area contributed by atoms with E-state index in [2.05, 4.69) is 21.3 Å². The lowest BCUT2D eigenvalue weighted by molar-refractivity contribution is 1.38. The summed E-state index contributed by atoms with van der Waals surface area (Å²) in [6, 6.07) is 18.8. The number of hydrogen-bond acceptors (Lipinski definition) is 8. The fourth-order valence-corrected chi connectivity index (χ4v) is 3.00. The summed E-state index contributed by atoms with van der Waals surface area (Å²) in [6.07, 6.45) is 0. The molecule has 0 aromatic heterocycles. The SMILES string of the molecule is N#CC(C#N)=C1Nc2ccc(-c3ccc4c(c3)NC(=C(C#N)C#N)N4)cc2N1. The van der Waals surface area contributed by atoms with Crippen molar-refractivity contribution in [2.75, 3.05) is 21.3 Å². The largest absolute Gasteiger partial charge is 0.338 e. The Morgan fingerprint density at radius 2 is 0.893 bits per heavy atom. The van der Waals surface area contributed by atoms with Crippen LogP contribution in [0.1, 0.15) is 0 Å². The molecule has 0 amide bonds. The molecule has 0 bridgehead atoms. The van der Waals surface area contributed by atoms with Crippen molar-refractivity contribution >= 4 is 22.7 Å². The average Bonchev–Trinajstić information content (AvgIpc) is 3.32. The van der Waals surface area contributed by atoms with Crippen molar-refractivity contribution in [3.05, 3.63) is 59.2 Å². The number of allylic oxidation sites excluding steroid dienone is 2. The monoisotopic (exact) mass is 362 g/mol. The highest BCUT2D eigenvalue weighted by atomic mass is 15.2. The highest BCUT2D eigenvalue weighted by Crippen LogP contribution is 2.39. The third-order valence-electron chi connectivity index (χ3n) is 4.36. The Morgan fingerprint density at radius 1 is 0.536 bits per heavy atom. The van der Waals surface area contributed by atoms with Crippen molar-refractivity contribution in [3.8, 4) is 35.4 Å². The van der Waals surface area contributed by atoms with Gasteiger partial charge in [-0.25, -0.2) is 0 Å². The highest BCUT2D eigenvalue weighted by Gasteiger charge is 2.21. The van der Waals surface area contributed by atoms with Gasteiger partial charge in [-0.3, -0.25) is 0 Å². The molecule has 2 aliphatic rings. The normalized spacial score (nSPS) is 12.4. The lowest BCUT2D eigenvalue weighted by Gasteiger charge is -2.06. The van der Waals surface area contributed by atoms with Gasteiger partial charge in [0.25, 0.3) is 0 Å². The lowest BCUT2D eigenvalue weighted by atomic mass is 10.0. The van der Waals surface area contributed by atoms with Crippen LogP contribution in [0, 0.1) is 45.3 Å². The minimum atomic E-state index is -0.0179. The Labute approximate surface area is 160 Å². The molecule has 0 unspecified atom stereocenters. The van der Waals surface area contributed by atoms with Gasteiger partial charge in [0.2, 0.25) is 0 Å². The van der Waals surface area contributed by atoms with Crippen molar-refractivity contribution in [3.63, 3.8) is 0 Å². The second-order valence-corrected chi connectivity index (χ2v) is 5.97. The zero-order valence-corrected chi connectivity index (χ0v) is 14.3. The summed E-state index contributed by atoms with van der Waals surface area (Å²) in [5, 5.41) is 48.2. The van der Waals surface area contributed by atoms with Gasteiger partial charge in [0.05, 0.1) is 22.7 Å². The van der Waals surface area contributed by atoms with Crippen LogP contribution in [-0.4, -0.2) is 0 Å². The minimum Gasteiger partial charge on any atom is -0.338 e. The number of fused-ring (bicyclic) bond motifs is 2. The number of benzene rings is 2. The molecular formula is C20H10N8. The standard InChI is InChI=1S/C20H10N8/c21-7-13(8-22)19-25-15-3-1-11(5-17(15)27-19)12-2-4-16-18(6-12)28-20(26-16)14(9-23)10-24/h1-6,25-28H. The molecular weight excluding hydrogens is 352 g/mol. The van der Waals surface area contributed by atoms with E-state index < -0.39 is 0 Å². The van der Waals surface area contributed by atoms with Crippen molar-refractivity contribution in [1.82, 2.24) is 0 Å². The minimum absolute atomic E-state index is 0.0179. The number of hydrogen-bond donors (Lipinski definition) is 4. The van der Waals surface area contributed by atoms with Gasteiger partial charge in [-0.05, 0) is 35.4 Å². The van der Waals surface area contributed by atoms with E-state index in [9.17, 15) is 0 Å². The number of nitrogens with zero attached hydrogens (tertiary/aromatic N) is 4. The summed E-state index contributed by atoms with van der Waals surface area (Å²) >= 11 is 0. The number of nitriles is 4. The molecule has 130 valence electrons. The third kappa shape index (κ3) is 2.61. The van der Waals surface area contributed by atoms with Gasteiger partial charge in [0.1, 0.15) is 35.9 Å². The quantitative estimate of drug-likeness (QED) is 0.564. The predicted molar refractivity (Wildman–Crippen MR) is 103 cm³/mol. The van der Waals surface area contributed by atoms with Crippen molar-refractivity contribution in [1.29, 1.82) is 21.0 Å². The second-order valence-electron chi connectivity index (χ2n) is 5.97. The Morgan fingerprint density at radius 3 is 1.25 bits per heavy atom. The molecule has 0 saturated carbocycles. The fourth-order valence-electron chi connectivity index (χ4n) is 3.00. The third-order valence-corrected chi connectivity index (χ3v) is 4.36.